The maximum absolute atomic E-state index is 10.7. The highest BCUT2D eigenvalue weighted by molar-refractivity contribution is 5.71. The Morgan fingerprint density at radius 2 is 2.47 bits per heavy atom. The maximum atomic E-state index is 10.7. The van der Waals surface area contributed by atoms with Crippen LogP contribution in [0, 0.1) is 0 Å². The quantitative estimate of drug-likeness (QED) is 0.791. The molecule has 1 atom stereocenters. The number of methoxy groups -OCH3 is 1. The molecule has 0 aromatic heterocycles. The molecule has 1 aliphatic rings. The first-order chi connectivity index (χ1) is 7.20. The van der Waals surface area contributed by atoms with Gasteiger partial charge in [-0.25, -0.2) is 0 Å². The molecule has 0 fully saturated rings. The predicted octanol–water partition coefficient (Wildman–Crippen LogP) is 1.68. The van der Waals surface area contributed by atoms with Gasteiger partial charge in [0.1, 0.15) is 5.75 Å². The molecule has 1 aliphatic heterocycles. The highest BCUT2D eigenvalue weighted by Crippen LogP contribution is 2.35. The highest BCUT2D eigenvalue weighted by atomic mass is 16.5. The van der Waals surface area contributed by atoms with E-state index in [1.807, 2.05) is 18.2 Å². The third-order valence-corrected chi connectivity index (χ3v) is 2.66. The molecule has 0 aliphatic carbocycles. The van der Waals surface area contributed by atoms with Crippen molar-refractivity contribution >= 4 is 11.7 Å². The van der Waals surface area contributed by atoms with Crippen LogP contribution < -0.4 is 10.1 Å². The normalized spacial score (nSPS) is 18.1. The minimum absolute atomic E-state index is 0.0487. The number of anilines is 1. The fourth-order valence-electron chi connectivity index (χ4n) is 1.90. The third kappa shape index (κ3) is 1.88. The second-order valence-electron chi connectivity index (χ2n) is 3.63. The molecule has 2 rings (SSSR count). The number of hydrogen-bond donors (Lipinski definition) is 2. The Balaban J connectivity index is 2.27. The smallest absolute Gasteiger partial charge is 0.304 e. The van der Waals surface area contributed by atoms with Crippen LogP contribution in [-0.2, 0) is 4.79 Å². The summed E-state index contributed by atoms with van der Waals surface area (Å²) in [6.07, 6.45) is 0.160. The first-order valence-electron chi connectivity index (χ1n) is 4.84. The van der Waals surface area contributed by atoms with Gasteiger partial charge in [-0.2, -0.15) is 0 Å². The molecule has 4 heteroatoms. The summed E-state index contributed by atoms with van der Waals surface area (Å²) in [6.45, 7) is 0.689. The Labute approximate surface area is 87.9 Å². The van der Waals surface area contributed by atoms with Gasteiger partial charge in [0.05, 0.1) is 13.5 Å². The summed E-state index contributed by atoms with van der Waals surface area (Å²) in [5.41, 5.74) is 2.05. The van der Waals surface area contributed by atoms with Gasteiger partial charge in [0.15, 0.2) is 0 Å². The van der Waals surface area contributed by atoms with Crippen LogP contribution >= 0.6 is 0 Å². The Bertz CT molecular complexity index is 389. The van der Waals surface area contributed by atoms with E-state index in [0.29, 0.717) is 6.54 Å². The Kier molecular flexibility index (Phi) is 2.49. The number of carboxylic acids is 1. The number of carboxylic acid groups (broad SMARTS) is 1. The molecule has 0 saturated heterocycles. The summed E-state index contributed by atoms with van der Waals surface area (Å²) in [4.78, 5) is 10.7. The van der Waals surface area contributed by atoms with Gasteiger partial charge in [-0.15, -0.1) is 0 Å². The van der Waals surface area contributed by atoms with Gasteiger partial charge < -0.3 is 15.2 Å². The van der Waals surface area contributed by atoms with Crippen LogP contribution in [0.5, 0.6) is 5.75 Å². The zero-order valence-electron chi connectivity index (χ0n) is 8.49. The minimum atomic E-state index is -0.766. The third-order valence-electron chi connectivity index (χ3n) is 2.66. The number of ether oxygens (including phenoxy) is 1. The Morgan fingerprint density at radius 3 is 3.13 bits per heavy atom. The lowest BCUT2D eigenvalue weighted by molar-refractivity contribution is -0.137. The van der Waals surface area contributed by atoms with Gasteiger partial charge in [-0.3, -0.25) is 4.79 Å². The van der Waals surface area contributed by atoms with Crippen molar-refractivity contribution in [2.24, 2.45) is 0 Å². The summed E-state index contributed by atoms with van der Waals surface area (Å²) in [5.74, 6) is 0.0536. The van der Waals surface area contributed by atoms with Crippen molar-refractivity contribution < 1.29 is 14.6 Å². The molecule has 2 N–H and O–H groups in total. The van der Waals surface area contributed by atoms with Crippen molar-refractivity contribution in [2.45, 2.75) is 12.3 Å². The minimum Gasteiger partial charge on any atom is -0.497 e. The van der Waals surface area contributed by atoms with E-state index < -0.39 is 5.97 Å². The molecule has 4 nitrogen and oxygen atoms in total. The SMILES string of the molecule is COc1ccc2c(c1)C(CC(=O)O)CN2. The van der Waals surface area contributed by atoms with E-state index in [4.69, 9.17) is 9.84 Å². The molecular formula is C11H13NO3. The van der Waals surface area contributed by atoms with Gasteiger partial charge in [-0.05, 0) is 23.8 Å². The van der Waals surface area contributed by atoms with Crippen LogP contribution in [0.4, 0.5) is 5.69 Å². The van der Waals surface area contributed by atoms with E-state index in [1.54, 1.807) is 7.11 Å². The number of fused-ring (bicyclic) bond motifs is 1. The summed E-state index contributed by atoms with van der Waals surface area (Å²) in [5, 5.41) is 12.0. The number of hydrogen-bond acceptors (Lipinski definition) is 3. The van der Waals surface area contributed by atoms with E-state index in [-0.39, 0.29) is 12.3 Å². The molecule has 0 bridgehead atoms. The largest absolute Gasteiger partial charge is 0.497 e. The van der Waals surface area contributed by atoms with Gasteiger partial charge in [-0.1, -0.05) is 0 Å². The second-order valence-corrected chi connectivity index (χ2v) is 3.63. The average Bonchev–Trinajstić information content (AvgIpc) is 2.60. The lowest BCUT2D eigenvalue weighted by Gasteiger charge is -2.08. The van der Waals surface area contributed by atoms with Crippen molar-refractivity contribution in [3.05, 3.63) is 23.8 Å². The summed E-state index contributed by atoms with van der Waals surface area (Å²) < 4.78 is 5.12. The molecule has 80 valence electrons. The summed E-state index contributed by atoms with van der Waals surface area (Å²) >= 11 is 0. The predicted molar refractivity (Wildman–Crippen MR) is 56.5 cm³/mol. The topological polar surface area (TPSA) is 58.6 Å². The lowest BCUT2D eigenvalue weighted by Crippen LogP contribution is -2.08. The van der Waals surface area contributed by atoms with Crippen LogP contribution in [0.1, 0.15) is 17.9 Å². The van der Waals surface area contributed by atoms with Crippen molar-refractivity contribution in [3.63, 3.8) is 0 Å². The molecule has 15 heavy (non-hydrogen) atoms. The number of benzene rings is 1. The van der Waals surface area contributed by atoms with E-state index in [1.165, 1.54) is 0 Å². The Hall–Kier alpha value is -1.71. The monoisotopic (exact) mass is 207 g/mol. The van der Waals surface area contributed by atoms with Crippen LogP contribution in [0.15, 0.2) is 18.2 Å². The molecule has 1 aromatic carbocycles. The van der Waals surface area contributed by atoms with Gasteiger partial charge in [0.2, 0.25) is 0 Å². The average molecular weight is 207 g/mol. The van der Waals surface area contributed by atoms with Gasteiger partial charge in [0.25, 0.3) is 0 Å². The molecule has 1 unspecified atom stereocenters. The summed E-state index contributed by atoms with van der Waals surface area (Å²) in [7, 11) is 1.61. The van der Waals surface area contributed by atoms with Crippen LogP contribution in [0.3, 0.4) is 0 Å². The van der Waals surface area contributed by atoms with E-state index >= 15 is 0 Å². The van der Waals surface area contributed by atoms with Crippen molar-refractivity contribution in [2.75, 3.05) is 19.0 Å². The van der Waals surface area contributed by atoms with Crippen molar-refractivity contribution in [1.29, 1.82) is 0 Å². The fourth-order valence-corrected chi connectivity index (χ4v) is 1.90. The van der Waals surface area contributed by atoms with Gasteiger partial charge >= 0.3 is 5.97 Å². The van der Waals surface area contributed by atoms with E-state index in [2.05, 4.69) is 5.32 Å². The summed E-state index contributed by atoms with van der Waals surface area (Å²) in [6, 6.07) is 5.70. The molecule has 0 saturated carbocycles. The number of nitrogens with one attached hydrogen (secondary N) is 1. The first-order valence-corrected chi connectivity index (χ1v) is 4.84. The number of carbonyl (C=O) groups is 1. The zero-order chi connectivity index (χ0) is 10.8. The Morgan fingerprint density at radius 1 is 1.67 bits per heavy atom. The van der Waals surface area contributed by atoms with Gasteiger partial charge in [0, 0.05) is 18.2 Å². The zero-order valence-corrected chi connectivity index (χ0v) is 8.49. The first kappa shape index (κ1) is 9.83. The van der Waals surface area contributed by atoms with E-state index in [9.17, 15) is 4.79 Å². The highest BCUT2D eigenvalue weighted by Gasteiger charge is 2.24. The standard InChI is InChI=1S/C11H13NO3/c1-15-8-2-3-10-9(5-8)7(6-12-10)4-11(13)14/h2-3,5,7,12H,4,6H2,1H3,(H,13,14). The number of aliphatic carboxylic acids is 1. The van der Waals surface area contributed by atoms with Crippen molar-refractivity contribution in [1.82, 2.24) is 0 Å². The molecular weight excluding hydrogens is 194 g/mol. The van der Waals surface area contributed by atoms with Crippen LogP contribution in [0.25, 0.3) is 0 Å². The van der Waals surface area contributed by atoms with E-state index in [0.717, 1.165) is 17.0 Å². The lowest BCUT2D eigenvalue weighted by atomic mass is 9.98. The van der Waals surface area contributed by atoms with Crippen LogP contribution in [0.2, 0.25) is 0 Å². The fraction of sp³-hybridized carbons (Fsp3) is 0.364. The second kappa shape index (κ2) is 3.81. The molecule has 1 heterocycles. The van der Waals surface area contributed by atoms with Crippen LogP contribution in [-0.4, -0.2) is 24.7 Å². The number of rotatable bonds is 3. The van der Waals surface area contributed by atoms with Crippen molar-refractivity contribution in [3.8, 4) is 5.75 Å². The molecule has 0 amide bonds. The molecule has 0 radical (unpaired) electrons. The molecule has 0 spiro atoms. The molecule has 1 aromatic rings. The maximum Gasteiger partial charge on any atom is 0.304 e.